The van der Waals surface area contributed by atoms with Gasteiger partial charge in [-0.1, -0.05) is 25.5 Å². The highest BCUT2D eigenvalue weighted by Gasteiger charge is 2.40. The van der Waals surface area contributed by atoms with Crippen molar-refractivity contribution < 1.29 is 17.9 Å². The van der Waals surface area contributed by atoms with Crippen LogP contribution in [0.2, 0.25) is 0 Å². The van der Waals surface area contributed by atoms with E-state index < -0.39 is 10.0 Å². The molecule has 3 heterocycles. The van der Waals surface area contributed by atoms with Gasteiger partial charge in [0.05, 0.1) is 29.6 Å². The van der Waals surface area contributed by atoms with Gasteiger partial charge in [-0.2, -0.15) is 9.57 Å². The van der Waals surface area contributed by atoms with Crippen molar-refractivity contribution in [2.75, 3.05) is 13.1 Å². The maximum Gasteiger partial charge on any atom is 0.330 e. The molecule has 0 bridgehead atoms. The van der Waals surface area contributed by atoms with Crippen LogP contribution in [0.3, 0.4) is 0 Å². The van der Waals surface area contributed by atoms with Gasteiger partial charge >= 0.3 is 6.03 Å². The Morgan fingerprint density at radius 1 is 1.07 bits per heavy atom. The minimum Gasteiger partial charge on any atom is -0.456 e. The number of benzene rings is 2. The Morgan fingerprint density at radius 2 is 1.82 bits per heavy atom. The van der Waals surface area contributed by atoms with Crippen molar-refractivity contribution in [2.45, 2.75) is 77.3 Å². The lowest BCUT2D eigenvalue weighted by molar-refractivity contribution is 0.154. The van der Waals surface area contributed by atoms with Gasteiger partial charge in [0, 0.05) is 25.6 Å². The number of amides is 1. The summed E-state index contributed by atoms with van der Waals surface area (Å²) in [5.74, 6) is 1.57. The molecule has 5 rings (SSSR count). The van der Waals surface area contributed by atoms with Crippen LogP contribution in [0, 0.1) is 32.1 Å². The molecule has 10 heteroatoms. The number of rotatable bonds is 8. The van der Waals surface area contributed by atoms with E-state index in [0.717, 1.165) is 47.6 Å². The van der Waals surface area contributed by atoms with Gasteiger partial charge in [-0.05, 0) is 75.4 Å². The Balaban J connectivity index is 1.34. The Labute approximate surface area is 236 Å². The fraction of sp³-hybridized carbons (Fsp3) is 0.433. The van der Waals surface area contributed by atoms with E-state index in [4.69, 9.17) is 4.74 Å². The molecule has 2 aromatic carbocycles. The second-order valence-corrected chi connectivity index (χ2v) is 12.6. The summed E-state index contributed by atoms with van der Waals surface area (Å²) in [5, 5.41) is 9.48. The number of carbonyl (C=O) groups is 1. The summed E-state index contributed by atoms with van der Waals surface area (Å²) in [7, 11) is -3.96. The van der Waals surface area contributed by atoms with Gasteiger partial charge in [0.1, 0.15) is 22.2 Å². The van der Waals surface area contributed by atoms with Crippen LogP contribution in [0.4, 0.5) is 4.79 Å². The van der Waals surface area contributed by atoms with Crippen LogP contribution in [0.15, 0.2) is 41.3 Å². The van der Waals surface area contributed by atoms with E-state index in [-0.39, 0.29) is 41.4 Å². The number of hydrogen-bond acceptors (Lipinski definition) is 6. The van der Waals surface area contributed by atoms with Gasteiger partial charge in [-0.25, -0.2) is 18.2 Å². The summed E-state index contributed by atoms with van der Waals surface area (Å²) < 4.78 is 37.1. The smallest absolute Gasteiger partial charge is 0.330 e. The molecule has 1 amide bonds. The van der Waals surface area contributed by atoms with Gasteiger partial charge < -0.3 is 9.64 Å². The molecule has 0 saturated carbocycles. The zero-order valence-corrected chi connectivity index (χ0v) is 24.3. The highest BCUT2D eigenvalue weighted by molar-refractivity contribution is 7.89. The fourth-order valence-electron chi connectivity index (χ4n) is 5.51. The van der Waals surface area contributed by atoms with E-state index >= 15 is 0 Å². The number of nitrogens with zero attached hydrogens (tertiary/aromatic N) is 5. The average molecular weight is 562 g/mol. The molecule has 0 N–H and O–H groups in total. The molecule has 1 saturated heterocycles. The summed E-state index contributed by atoms with van der Waals surface area (Å²) in [6.45, 7) is 8.94. The number of fused-ring (bicyclic) bond motifs is 1. The zero-order valence-electron chi connectivity index (χ0n) is 23.5. The number of sulfonamides is 1. The Morgan fingerprint density at radius 3 is 2.52 bits per heavy atom. The second-order valence-electron chi connectivity index (χ2n) is 10.7. The number of carbonyl (C=O) groups excluding carboxylic acids is 1. The van der Waals surface area contributed by atoms with Crippen molar-refractivity contribution in [1.29, 1.82) is 5.26 Å². The first-order valence-electron chi connectivity index (χ1n) is 13.8. The first-order valence-corrected chi connectivity index (χ1v) is 15.3. The average Bonchev–Trinajstić information content (AvgIpc) is 3.46. The molecule has 0 atom stereocenters. The highest BCUT2D eigenvalue weighted by Crippen LogP contribution is 2.36. The van der Waals surface area contributed by atoms with Crippen molar-refractivity contribution >= 4 is 16.1 Å². The van der Waals surface area contributed by atoms with Crippen LogP contribution in [-0.4, -0.2) is 52.3 Å². The van der Waals surface area contributed by atoms with Crippen LogP contribution in [0.25, 0.3) is 0 Å². The predicted molar refractivity (Wildman–Crippen MR) is 151 cm³/mol. The molecule has 0 aliphatic carbocycles. The van der Waals surface area contributed by atoms with Crippen molar-refractivity contribution in [3.05, 3.63) is 70.3 Å². The van der Waals surface area contributed by atoms with E-state index in [1.54, 1.807) is 16.7 Å². The molecule has 3 aromatic rings. The third-order valence-electron chi connectivity index (χ3n) is 7.87. The standard InChI is InChI=1S/C30H35N5O4S/c1-5-6-7-29-32-22(4)25-19-34(30(36)35(25)29)24-12-14-33(15-13-24)40(37,38)28-17-23(18-31)10-11-26(28)39-27-16-20(2)8-9-21(27)3/h8-11,16-17,24H,5-7,12-15,19H2,1-4H3. The lowest BCUT2D eigenvalue weighted by Gasteiger charge is -2.36. The number of hydrogen-bond donors (Lipinski definition) is 0. The molecule has 2 aliphatic heterocycles. The number of aryl methyl sites for hydroxylation is 4. The fourth-order valence-corrected chi connectivity index (χ4v) is 7.12. The summed E-state index contributed by atoms with van der Waals surface area (Å²) in [4.78, 5) is 19.9. The maximum atomic E-state index is 13.9. The molecule has 1 aromatic heterocycles. The Kier molecular flexibility index (Phi) is 7.71. The number of nitriles is 1. The van der Waals surface area contributed by atoms with Crippen LogP contribution >= 0.6 is 0 Å². The topological polar surface area (TPSA) is 109 Å². The second kappa shape index (κ2) is 11.1. The van der Waals surface area contributed by atoms with Crippen molar-refractivity contribution in [1.82, 2.24) is 18.8 Å². The van der Waals surface area contributed by atoms with E-state index in [1.807, 2.05) is 49.9 Å². The van der Waals surface area contributed by atoms with Crippen LogP contribution in [0.5, 0.6) is 11.5 Å². The third kappa shape index (κ3) is 5.11. The quantitative estimate of drug-likeness (QED) is 0.362. The zero-order chi connectivity index (χ0) is 28.6. The van der Waals surface area contributed by atoms with E-state index in [2.05, 4.69) is 11.9 Å². The number of ether oxygens (including phenoxy) is 1. The molecular weight excluding hydrogens is 526 g/mol. The van der Waals surface area contributed by atoms with Crippen LogP contribution in [0.1, 0.15) is 66.5 Å². The summed E-state index contributed by atoms with van der Waals surface area (Å²) in [6, 6.07) is 12.2. The first-order chi connectivity index (χ1) is 19.1. The molecule has 0 unspecified atom stereocenters. The lowest BCUT2D eigenvalue weighted by atomic mass is 10.1. The van der Waals surface area contributed by atoms with Crippen molar-refractivity contribution in [3.63, 3.8) is 0 Å². The van der Waals surface area contributed by atoms with Gasteiger partial charge in [-0.15, -0.1) is 0 Å². The minimum atomic E-state index is -3.96. The molecule has 0 spiro atoms. The lowest BCUT2D eigenvalue weighted by Crippen LogP contribution is -2.47. The molecule has 210 valence electrons. The van der Waals surface area contributed by atoms with E-state index in [1.165, 1.54) is 10.4 Å². The number of imidazole rings is 1. The van der Waals surface area contributed by atoms with Crippen LogP contribution < -0.4 is 4.74 Å². The minimum absolute atomic E-state index is 0.0265. The normalized spacial score (nSPS) is 16.3. The molecule has 9 nitrogen and oxygen atoms in total. The largest absolute Gasteiger partial charge is 0.456 e. The third-order valence-corrected chi connectivity index (χ3v) is 9.79. The van der Waals surface area contributed by atoms with E-state index in [9.17, 15) is 18.5 Å². The summed E-state index contributed by atoms with van der Waals surface area (Å²) in [5.41, 5.74) is 3.94. The van der Waals surface area contributed by atoms with E-state index in [0.29, 0.717) is 25.1 Å². The maximum absolute atomic E-state index is 13.9. The van der Waals surface area contributed by atoms with Gasteiger partial charge in [0.2, 0.25) is 10.0 Å². The van der Waals surface area contributed by atoms with Gasteiger partial charge in [0.15, 0.2) is 0 Å². The van der Waals surface area contributed by atoms with Gasteiger partial charge in [0.25, 0.3) is 0 Å². The SMILES string of the molecule is CCCCc1nc(C)c2n1C(=O)N(C1CCN(S(=O)(=O)c3cc(C#N)ccc3Oc3cc(C)ccc3C)CC1)C2. The number of unbranched alkanes of at least 4 members (excludes halogenated alkanes) is 1. The molecule has 0 radical (unpaired) electrons. The molecular formula is C30H35N5O4S. The number of aromatic nitrogens is 2. The molecule has 40 heavy (non-hydrogen) atoms. The van der Waals surface area contributed by atoms with Crippen molar-refractivity contribution in [2.24, 2.45) is 0 Å². The van der Waals surface area contributed by atoms with Gasteiger partial charge in [-0.3, -0.25) is 4.57 Å². The van der Waals surface area contributed by atoms with Crippen molar-refractivity contribution in [3.8, 4) is 17.6 Å². The summed E-state index contributed by atoms with van der Waals surface area (Å²) >= 11 is 0. The molecule has 2 aliphatic rings. The predicted octanol–water partition coefficient (Wildman–Crippen LogP) is 5.45. The molecule has 1 fully saturated rings. The Hall–Kier alpha value is -3.68. The number of piperidine rings is 1. The Bertz CT molecular complexity index is 1600. The summed E-state index contributed by atoms with van der Waals surface area (Å²) in [6.07, 6.45) is 3.82. The first kappa shape index (κ1) is 27.9. The monoisotopic (exact) mass is 561 g/mol. The highest BCUT2D eigenvalue weighted by atomic mass is 32.2. The van der Waals surface area contributed by atoms with Crippen LogP contribution in [-0.2, 0) is 23.0 Å².